The Hall–Kier alpha value is -2.62. The van der Waals surface area contributed by atoms with E-state index >= 15 is 0 Å². The van der Waals surface area contributed by atoms with Gasteiger partial charge in [-0.2, -0.15) is 0 Å². The zero-order valence-electron chi connectivity index (χ0n) is 13.1. The van der Waals surface area contributed by atoms with Gasteiger partial charge in [-0.15, -0.1) is 0 Å². The van der Waals surface area contributed by atoms with Crippen molar-refractivity contribution in [3.8, 4) is 11.1 Å². The molecule has 0 spiro atoms. The molecular weight excluding hydrogens is 288 g/mol. The second kappa shape index (κ2) is 5.54. The number of pyridine rings is 1. The molecular formula is C19H18N2O2. The van der Waals surface area contributed by atoms with Gasteiger partial charge in [0.2, 0.25) is 0 Å². The monoisotopic (exact) mass is 306 g/mol. The van der Waals surface area contributed by atoms with E-state index in [1.807, 2.05) is 24.3 Å². The summed E-state index contributed by atoms with van der Waals surface area (Å²) in [6.07, 6.45) is 5.61. The van der Waals surface area contributed by atoms with Gasteiger partial charge >= 0.3 is 5.63 Å². The van der Waals surface area contributed by atoms with Gasteiger partial charge < -0.3 is 9.32 Å². The topological polar surface area (TPSA) is 46.3 Å². The molecule has 2 aromatic heterocycles. The van der Waals surface area contributed by atoms with Crippen molar-refractivity contribution in [1.29, 1.82) is 0 Å². The van der Waals surface area contributed by atoms with E-state index in [2.05, 4.69) is 22.9 Å². The molecule has 4 rings (SSSR count). The summed E-state index contributed by atoms with van der Waals surface area (Å²) in [6.45, 7) is 4.19. The number of rotatable bonds is 2. The summed E-state index contributed by atoms with van der Waals surface area (Å²) in [7, 11) is 0. The third kappa shape index (κ3) is 2.40. The van der Waals surface area contributed by atoms with Crippen molar-refractivity contribution in [1.82, 2.24) is 4.98 Å². The summed E-state index contributed by atoms with van der Waals surface area (Å²) in [6, 6.07) is 9.78. The van der Waals surface area contributed by atoms with Gasteiger partial charge in [0, 0.05) is 42.6 Å². The highest BCUT2D eigenvalue weighted by Gasteiger charge is 2.18. The fourth-order valence-corrected chi connectivity index (χ4v) is 3.34. The largest absolute Gasteiger partial charge is 0.422 e. The van der Waals surface area contributed by atoms with Crippen LogP contribution >= 0.6 is 0 Å². The molecule has 0 aliphatic carbocycles. The summed E-state index contributed by atoms with van der Waals surface area (Å²) in [4.78, 5) is 18.7. The van der Waals surface area contributed by atoms with Crippen molar-refractivity contribution < 1.29 is 4.42 Å². The van der Waals surface area contributed by atoms with Crippen molar-refractivity contribution in [3.05, 3.63) is 58.7 Å². The molecule has 3 aromatic rings. The van der Waals surface area contributed by atoms with E-state index in [-0.39, 0.29) is 5.63 Å². The molecule has 0 atom stereocenters. The van der Waals surface area contributed by atoms with Crippen LogP contribution in [0.1, 0.15) is 18.9 Å². The Balaban J connectivity index is 1.92. The van der Waals surface area contributed by atoms with E-state index in [9.17, 15) is 4.79 Å². The summed E-state index contributed by atoms with van der Waals surface area (Å²) >= 11 is 0. The van der Waals surface area contributed by atoms with Gasteiger partial charge in [0.1, 0.15) is 5.58 Å². The molecule has 3 heterocycles. The van der Waals surface area contributed by atoms with Gasteiger partial charge in [-0.25, -0.2) is 4.79 Å². The number of hydrogen-bond donors (Lipinski definition) is 0. The van der Waals surface area contributed by atoms with Crippen LogP contribution in [0.5, 0.6) is 0 Å². The maximum atomic E-state index is 12.4. The summed E-state index contributed by atoms with van der Waals surface area (Å²) in [5, 5.41) is 0.980. The van der Waals surface area contributed by atoms with Gasteiger partial charge in [0.05, 0.1) is 5.56 Å². The normalized spacial score (nSPS) is 14.0. The average Bonchev–Trinajstić information content (AvgIpc) is 2.59. The molecule has 1 aromatic carbocycles. The second-order valence-electron chi connectivity index (χ2n) is 5.89. The fraction of sp³-hybridized carbons (Fsp3) is 0.263. The number of anilines is 1. The highest BCUT2D eigenvalue weighted by atomic mass is 16.4. The first-order valence-corrected chi connectivity index (χ1v) is 8.02. The standard InChI is InChI=1S/C19H18N2O2/c1-2-21-9-3-4-14-10-15-11-16(13-5-7-20-8-6-13)19(22)23-18(15)12-17(14)21/h5-8,10-12H,2-4,9H2,1H3. The molecule has 0 N–H and O–H groups in total. The second-order valence-corrected chi connectivity index (χ2v) is 5.89. The van der Waals surface area contributed by atoms with Crippen LogP contribution < -0.4 is 10.5 Å². The van der Waals surface area contributed by atoms with E-state index in [0.717, 1.165) is 30.5 Å². The van der Waals surface area contributed by atoms with Crippen LogP contribution in [-0.2, 0) is 6.42 Å². The highest BCUT2D eigenvalue weighted by molar-refractivity contribution is 5.86. The average molecular weight is 306 g/mol. The number of benzene rings is 1. The highest BCUT2D eigenvalue weighted by Crippen LogP contribution is 2.32. The minimum atomic E-state index is -0.303. The lowest BCUT2D eigenvalue weighted by atomic mass is 9.98. The zero-order valence-corrected chi connectivity index (χ0v) is 13.1. The quantitative estimate of drug-likeness (QED) is 0.678. The Kier molecular flexibility index (Phi) is 3.37. The lowest BCUT2D eigenvalue weighted by molar-refractivity contribution is 0.562. The van der Waals surface area contributed by atoms with E-state index in [0.29, 0.717) is 11.1 Å². The van der Waals surface area contributed by atoms with E-state index in [4.69, 9.17) is 4.42 Å². The van der Waals surface area contributed by atoms with Crippen LogP contribution in [0.15, 0.2) is 51.9 Å². The summed E-state index contributed by atoms with van der Waals surface area (Å²) < 4.78 is 5.60. The molecule has 0 fully saturated rings. The first kappa shape index (κ1) is 14.0. The number of aromatic nitrogens is 1. The molecule has 23 heavy (non-hydrogen) atoms. The Morgan fingerprint density at radius 2 is 2.04 bits per heavy atom. The maximum absolute atomic E-state index is 12.4. The zero-order chi connectivity index (χ0) is 15.8. The van der Waals surface area contributed by atoms with Gasteiger partial charge in [-0.05, 0) is 55.2 Å². The minimum absolute atomic E-state index is 0.303. The lowest BCUT2D eigenvalue weighted by Crippen LogP contribution is -2.28. The van der Waals surface area contributed by atoms with Crippen LogP contribution in [0.4, 0.5) is 5.69 Å². The first-order valence-electron chi connectivity index (χ1n) is 8.02. The molecule has 0 amide bonds. The maximum Gasteiger partial charge on any atom is 0.344 e. The van der Waals surface area contributed by atoms with Crippen LogP contribution in [-0.4, -0.2) is 18.1 Å². The molecule has 116 valence electrons. The SMILES string of the molecule is CCN1CCCc2cc3cc(-c4ccncc4)c(=O)oc3cc21. The van der Waals surface area contributed by atoms with Gasteiger partial charge in [-0.1, -0.05) is 0 Å². The van der Waals surface area contributed by atoms with E-state index in [1.54, 1.807) is 12.4 Å². The van der Waals surface area contributed by atoms with Crippen molar-refractivity contribution in [2.75, 3.05) is 18.0 Å². The first-order chi connectivity index (χ1) is 11.3. The minimum Gasteiger partial charge on any atom is -0.422 e. The molecule has 0 saturated heterocycles. The molecule has 1 aliphatic rings. The number of fused-ring (bicyclic) bond motifs is 2. The molecule has 0 bridgehead atoms. The Labute approximate surface area is 134 Å². The van der Waals surface area contributed by atoms with Crippen molar-refractivity contribution in [2.45, 2.75) is 19.8 Å². The fourth-order valence-electron chi connectivity index (χ4n) is 3.34. The number of hydrogen-bond acceptors (Lipinski definition) is 4. The lowest BCUT2D eigenvalue weighted by Gasteiger charge is -2.30. The van der Waals surface area contributed by atoms with Crippen LogP contribution in [0.2, 0.25) is 0 Å². The van der Waals surface area contributed by atoms with Crippen LogP contribution in [0.3, 0.4) is 0 Å². The van der Waals surface area contributed by atoms with Crippen LogP contribution in [0.25, 0.3) is 22.1 Å². The molecule has 0 radical (unpaired) electrons. The molecule has 0 saturated carbocycles. The Morgan fingerprint density at radius 3 is 2.83 bits per heavy atom. The van der Waals surface area contributed by atoms with E-state index in [1.165, 1.54) is 17.7 Å². The van der Waals surface area contributed by atoms with Gasteiger partial charge in [-0.3, -0.25) is 4.98 Å². The van der Waals surface area contributed by atoms with Gasteiger partial charge in [0.15, 0.2) is 0 Å². The smallest absolute Gasteiger partial charge is 0.344 e. The summed E-state index contributed by atoms with van der Waals surface area (Å²) in [5.41, 5.74) is 4.31. The molecule has 1 aliphatic heterocycles. The molecule has 4 nitrogen and oxygen atoms in total. The van der Waals surface area contributed by atoms with Crippen molar-refractivity contribution >= 4 is 16.7 Å². The van der Waals surface area contributed by atoms with Crippen molar-refractivity contribution in [3.63, 3.8) is 0 Å². The van der Waals surface area contributed by atoms with Crippen molar-refractivity contribution in [2.24, 2.45) is 0 Å². The van der Waals surface area contributed by atoms with E-state index < -0.39 is 0 Å². The third-order valence-corrected chi connectivity index (χ3v) is 4.52. The predicted octanol–water partition coefficient (Wildman–Crippen LogP) is 3.63. The summed E-state index contributed by atoms with van der Waals surface area (Å²) in [5.74, 6) is 0. The molecule has 0 unspecified atom stereocenters. The molecule has 4 heteroatoms. The predicted molar refractivity (Wildman–Crippen MR) is 91.9 cm³/mol. The Morgan fingerprint density at radius 1 is 1.22 bits per heavy atom. The van der Waals surface area contributed by atoms with Crippen LogP contribution in [0, 0.1) is 0 Å². The third-order valence-electron chi connectivity index (χ3n) is 4.52. The number of aryl methyl sites for hydroxylation is 1. The van der Waals surface area contributed by atoms with Gasteiger partial charge in [0.25, 0.3) is 0 Å². The number of nitrogens with zero attached hydrogens (tertiary/aromatic N) is 2. The Bertz CT molecular complexity index is 916.